The van der Waals surface area contributed by atoms with Crippen LogP contribution in [0.5, 0.6) is 11.5 Å². The average molecular weight is 366 g/mol. The summed E-state index contributed by atoms with van der Waals surface area (Å²) in [6, 6.07) is 13.3. The maximum atomic E-state index is 5.88. The van der Waals surface area contributed by atoms with Crippen molar-refractivity contribution in [2.24, 2.45) is 0 Å². The van der Waals surface area contributed by atoms with Crippen LogP contribution in [0.2, 0.25) is 0 Å². The van der Waals surface area contributed by atoms with Crippen LogP contribution >= 0.6 is 0 Å². The van der Waals surface area contributed by atoms with Crippen molar-refractivity contribution in [3.63, 3.8) is 0 Å². The number of nitrogens with zero attached hydrogens (tertiary/aromatic N) is 1. The van der Waals surface area contributed by atoms with Gasteiger partial charge in [-0.25, -0.2) is 0 Å². The van der Waals surface area contributed by atoms with Gasteiger partial charge in [0.1, 0.15) is 11.5 Å². The third-order valence-corrected chi connectivity index (χ3v) is 5.96. The third-order valence-electron chi connectivity index (χ3n) is 5.96. The first-order valence-corrected chi connectivity index (χ1v) is 10.4. The first kappa shape index (κ1) is 18.4. The van der Waals surface area contributed by atoms with E-state index in [1.807, 2.05) is 0 Å². The minimum Gasteiger partial charge on any atom is -0.494 e. The van der Waals surface area contributed by atoms with Crippen LogP contribution in [-0.4, -0.2) is 38.3 Å². The molecule has 2 aromatic rings. The molecule has 3 heteroatoms. The molecule has 0 amide bonds. The van der Waals surface area contributed by atoms with E-state index < -0.39 is 0 Å². The smallest absolute Gasteiger partial charge is 0.122 e. The van der Waals surface area contributed by atoms with Gasteiger partial charge < -0.3 is 14.4 Å². The number of rotatable bonds is 7. The fourth-order valence-corrected chi connectivity index (χ4v) is 4.58. The predicted octanol–water partition coefficient (Wildman–Crippen LogP) is 4.61. The Labute approximate surface area is 163 Å². The Bertz CT molecular complexity index is 786. The van der Waals surface area contributed by atoms with Gasteiger partial charge in [0.15, 0.2) is 0 Å². The molecule has 0 fully saturated rings. The Morgan fingerprint density at radius 1 is 1.19 bits per heavy atom. The van der Waals surface area contributed by atoms with E-state index in [9.17, 15) is 0 Å². The molecule has 0 N–H and O–H groups in total. The van der Waals surface area contributed by atoms with Gasteiger partial charge in [-0.15, -0.1) is 0 Å². The first-order chi connectivity index (χ1) is 13.2. The van der Waals surface area contributed by atoms with E-state index in [-0.39, 0.29) is 0 Å². The second-order valence-corrected chi connectivity index (χ2v) is 7.90. The Morgan fingerprint density at radius 3 is 3.00 bits per heavy atom. The van der Waals surface area contributed by atoms with Crippen LogP contribution < -0.4 is 9.47 Å². The van der Waals surface area contributed by atoms with Crippen molar-refractivity contribution in [1.29, 1.82) is 0 Å². The normalized spacial score (nSPS) is 18.1. The van der Waals surface area contributed by atoms with Crippen molar-refractivity contribution in [2.75, 3.05) is 33.4 Å². The summed E-state index contributed by atoms with van der Waals surface area (Å²) in [5.41, 5.74) is 5.75. The van der Waals surface area contributed by atoms with Gasteiger partial charge in [-0.1, -0.05) is 24.3 Å². The lowest BCUT2D eigenvalue weighted by atomic mass is 9.82. The lowest BCUT2D eigenvalue weighted by Gasteiger charge is -2.30. The fourth-order valence-electron chi connectivity index (χ4n) is 4.58. The number of benzene rings is 2. The van der Waals surface area contributed by atoms with Crippen molar-refractivity contribution in [1.82, 2.24) is 4.90 Å². The zero-order valence-corrected chi connectivity index (χ0v) is 16.7. The molecule has 0 saturated heterocycles. The SMILES string of the molecule is CCOc1cccc2c1CCC[C@H]2CN(C)CCc1ccc2c(c1)CCO2. The monoisotopic (exact) mass is 365 g/mol. The summed E-state index contributed by atoms with van der Waals surface area (Å²) < 4.78 is 11.5. The maximum absolute atomic E-state index is 5.88. The van der Waals surface area contributed by atoms with Gasteiger partial charge in [0, 0.05) is 19.5 Å². The molecular formula is C24H31NO2. The molecule has 144 valence electrons. The molecule has 0 aromatic heterocycles. The van der Waals surface area contributed by atoms with Gasteiger partial charge in [-0.05, 0) is 80.0 Å². The molecule has 3 nitrogen and oxygen atoms in total. The van der Waals surface area contributed by atoms with Gasteiger partial charge in [0.25, 0.3) is 0 Å². The number of likely N-dealkylation sites (N-methyl/N-ethyl adjacent to an activating group) is 1. The molecule has 2 aromatic carbocycles. The second-order valence-electron chi connectivity index (χ2n) is 7.90. The van der Waals surface area contributed by atoms with Crippen molar-refractivity contribution in [3.8, 4) is 11.5 Å². The second kappa shape index (κ2) is 8.35. The Morgan fingerprint density at radius 2 is 2.11 bits per heavy atom. The molecule has 4 rings (SSSR count). The van der Waals surface area contributed by atoms with Crippen LogP contribution in [0.4, 0.5) is 0 Å². The molecule has 0 radical (unpaired) electrons. The van der Waals surface area contributed by atoms with Gasteiger partial charge in [-0.2, -0.15) is 0 Å². The maximum Gasteiger partial charge on any atom is 0.122 e. The molecule has 1 aliphatic heterocycles. The predicted molar refractivity (Wildman–Crippen MR) is 110 cm³/mol. The summed E-state index contributed by atoms with van der Waals surface area (Å²) in [5, 5.41) is 0. The summed E-state index contributed by atoms with van der Waals surface area (Å²) in [6.45, 7) is 5.86. The molecule has 27 heavy (non-hydrogen) atoms. The van der Waals surface area contributed by atoms with Crippen molar-refractivity contribution < 1.29 is 9.47 Å². The zero-order chi connectivity index (χ0) is 18.6. The van der Waals surface area contributed by atoms with Gasteiger partial charge in [-0.3, -0.25) is 0 Å². The first-order valence-electron chi connectivity index (χ1n) is 10.4. The van der Waals surface area contributed by atoms with Crippen molar-refractivity contribution in [3.05, 3.63) is 58.7 Å². The lowest BCUT2D eigenvalue weighted by molar-refractivity contribution is 0.296. The molecule has 1 atom stereocenters. The molecule has 0 unspecified atom stereocenters. The minimum absolute atomic E-state index is 0.618. The van der Waals surface area contributed by atoms with E-state index in [1.54, 1.807) is 0 Å². The van der Waals surface area contributed by atoms with E-state index in [0.717, 1.165) is 57.1 Å². The molecule has 0 bridgehead atoms. The molecular weight excluding hydrogens is 334 g/mol. The van der Waals surface area contributed by atoms with E-state index in [0.29, 0.717) is 5.92 Å². The fraction of sp³-hybridized carbons (Fsp3) is 0.500. The number of hydrogen-bond donors (Lipinski definition) is 0. The number of hydrogen-bond acceptors (Lipinski definition) is 3. The largest absolute Gasteiger partial charge is 0.494 e. The average Bonchev–Trinajstić information content (AvgIpc) is 3.15. The van der Waals surface area contributed by atoms with Crippen molar-refractivity contribution in [2.45, 2.75) is 44.9 Å². The highest BCUT2D eigenvalue weighted by atomic mass is 16.5. The zero-order valence-electron chi connectivity index (χ0n) is 16.7. The highest BCUT2D eigenvalue weighted by Gasteiger charge is 2.24. The topological polar surface area (TPSA) is 21.7 Å². The number of ether oxygens (including phenoxy) is 2. The van der Waals surface area contributed by atoms with Gasteiger partial charge in [0.05, 0.1) is 13.2 Å². The quantitative estimate of drug-likeness (QED) is 0.715. The number of fused-ring (bicyclic) bond motifs is 2. The van der Waals surface area contributed by atoms with Gasteiger partial charge in [0.2, 0.25) is 0 Å². The highest BCUT2D eigenvalue weighted by Crippen LogP contribution is 2.37. The summed E-state index contributed by atoms with van der Waals surface area (Å²) in [4.78, 5) is 2.50. The minimum atomic E-state index is 0.618. The Hall–Kier alpha value is -2.00. The summed E-state index contributed by atoms with van der Waals surface area (Å²) in [7, 11) is 2.26. The lowest BCUT2D eigenvalue weighted by Crippen LogP contribution is -2.28. The van der Waals surface area contributed by atoms with E-state index >= 15 is 0 Å². The van der Waals surface area contributed by atoms with E-state index in [1.165, 1.54) is 35.1 Å². The summed E-state index contributed by atoms with van der Waals surface area (Å²) in [5.74, 6) is 2.80. The van der Waals surface area contributed by atoms with Crippen LogP contribution in [-0.2, 0) is 19.3 Å². The van der Waals surface area contributed by atoms with Crippen LogP contribution in [0.15, 0.2) is 36.4 Å². The van der Waals surface area contributed by atoms with E-state index in [2.05, 4.69) is 55.3 Å². The third kappa shape index (κ3) is 4.14. The molecule has 2 aliphatic rings. The molecule has 0 spiro atoms. The molecule has 1 heterocycles. The summed E-state index contributed by atoms with van der Waals surface area (Å²) in [6.07, 6.45) is 5.86. The van der Waals surface area contributed by atoms with Crippen LogP contribution in [0, 0.1) is 0 Å². The van der Waals surface area contributed by atoms with Crippen LogP contribution in [0.3, 0.4) is 0 Å². The van der Waals surface area contributed by atoms with E-state index in [4.69, 9.17) is 9.47 Å². The summed E-state index contributed by atoms with van der Waals surface area (Å²) >= 11 is 0. The van der Waals surface area contributed by atoms with Crippen molar-refractivity contribution >= 4 is 0 Å². The highest BCUT2D eigenvalue weighted by molar-refractivity contribution is 5.44. The van der Waals surface area contributed by atoms with Gasteiger partial charge >= 0.3 is 0 Å². The molecule has 0 saturated carbocycles. The molecule has 1 aliphatic carbocycles. The van der Waals surface area contributed by atoms with Crippen LogP contribution in [0.25, 0.3) is 0 Å². The standard InChI is InChI=1S/C24H31NO2/c1-3-26-24-9-5-7-21-20(6-4-8-22(21)24)17-25(2)14-12-18-10-11-23-19(16-18)13-15-27-23/h5,7,9-11,16,20H,3-4,6,8,12-15,17H2,1-2H3/t20-/m0/s1. The Kier molecular flexibility index (Phi) is 5.68. The Balaban J connectivity index is 1.38. The van der Waals surface area contributed by atoms with Crippen LogP contribution in [0.1, 0.15) is 47.9 Å².